The smallest absolute Gasteiger partial charge is 0.0580 e. The summed E-state index contributed by atoms with van der Waals surface area (Å²) in [5.41, 5.74) is 0. The van der Waals surface area contributed by atoms with E-state index >= 15 is 0 Å². The molecule has 0 bridgehead atoms. The quantitative estimate of drug-likeness (QED) is 0.745. The normalized spacial score (nSPS) is 35.1. The Hall–Kier alpha value is -0.0800. The number of nitrogens with zero attached hydrogens (tertiary/aromatic N) is 1. The molecule has 2 unspecified atom stereocenters. The predicted molar refractivity (Wildman–Crippen MR) is 58.1 cm³/mol. The van der Waals surface area contributed by atoms with Crippen molar-refractivity contribution in [3.63, 3.8) is 0 Å². The fourth-order valence-electron chi connectivity index (χ4n) is 2.74. The van der Waals surface area contributed by atoms with Gasteiger partial charge in [0.05, 0.1) is 6.10 Å². The van der Waals surface area contributed by atoms with Crippen LogP contribution in [0.4, 0.5) is 0 Å². The summed E-state index contributed by atoms with van der Waals surface area (Å²) in [5.74, 6) is 2.32. The van der Waals surface area contributed by atoms with Crippen molar-refractivity contribution in [3.05, 3.63) is 0 Å². The Morgan fingerprint density at radius 1 is 1.29 bits per heavy atom. The Morgan fingerprint density at radius 2 is 2.00 bits per heavy atom. The van der Waals surface area contributed by atoms with Crippen molar-refractivity contribution in [3.8, 4) is 0 Å². The van der Waals surface area contributed by atoms with Crippen molar-refractivity contribution < 1.29 is 5.11 Å². The fourth-order valence-corrected chi connectivity index (χ4v) is 2.74. The van der Waals surface area contributed by atoms with E-state index in [1.54, 1.807) is 0 Å². The van der Waals surface area contributed by atoms with E-state index in [2.05, 4.69) is 18.7 Å². The standard InChI is InChI=1S/C12H23NO/c1-9(2)11-7-13(8-11)6-10-4-3-5-12(10)14/h9-12,14H,3-8H2,1-2H3. The fraction of sp³-hybridized carbons (Fsp3) is 1.00. The van der Waals surface area contributed by atoms with Crippen LogP contribution in [-0.4, -0.2) is 35.7 Å². The molecular weight excluding hydrogens is 174 g/mol. The third kappa shape index (κ3) is 2.12. The van der Waals surface area contributed by atoms with Crippen LogP contribution in [0.1, 0.15) is 33.1 Å². The Bertz CT molecular complexity index is 187. The highest BCUT2D eigenvalue weighted by molar-refractivity contribution is 4.86. The van der Waals surface area contributed by atoms with Gasteiger partial charge in [-0.15, -0.1) is 0 Å². The van der Waals surface area contributed by atoms with Gasteiger partial charge in [0.15, 0.2) is 0 Å². The molecule has 2 atom stereocenters. The van der Waals surface area contributed by atoms with Crippen LogP contribution in [0.2, 0.25) is 0 Å². The molecule has 1 saturated carbocycles. The number of aliphatic hydroxyl groups excluding tert-OH is 1. The van der Waals surface area contributed by atoms with Crippen molar-refractivity contribution in [2.24, 2.45) is 17.8 Å². The molecule has 0 radical (unpaired) electrons. The van der Waals surface area contributed by atoms with E-state index in [9.17, 15) is 5.11 Å². The topological polar surface area (TPSA) is 23.5 Å². The Balaban J connectivity index is 1.68. The third-order valence-corrected chi connectivity index (χ3v) is 4.04. The number of rotatable bonds is 3. The largest absolute Gasteiger partial charge is 0.393 e. The molecule has 2 aliphatic rings. The van der Waals surface area contributed by atoms with Crippen LogP contribution in [0.15, 0.2) is 0 Å². The first-order valence-corrected chi connectivity index (χ1v) is 6.07. The van der Waals surface area contributed by atoms with E-state index in [4.69, 9.17) is 0 Å². The van der Waals surface area contributed by atoms with Crippen LogP contribution in [-0.2, 0) is 0 Å². The van der Waals surface area contributed by atoms with Gasteiger partial charge in [0, 0.05) is 19.6 Å². The van der Waals surface area contributed by atoms with E-state index in [-0.39, 0.29) is 6.10 Å². The average molecular weight is 197 g/mol. The molecule has 0 aromatic heterocycles. The summed E-state index contributed by atoms with van der Waals surface area (Å²) in [4.78, 5) is 2.52. The van der Waals surface area contributed by atoms with Gasteiger partial charge in [-0.25, -0.2) is 0 Å². The summed E-state index contributed by atoms with van der Waals surface area (Å²) in [5, 5.41) is 9.71. The summed E-state index contributed by atoms with van der Waals surface area (Å²) >= 11 is 0. The average Bonchev–Trinajstić information content (AvgIpc) is 2.42. The molecule has 0 amide bonds. The predicted octanol–water partition coefficient (Wildman–Crippen LogP) is 1.74. The molecular formula is C12H23NO. The molecule has 82 valence electrons. The summed E-state index contributed by atoms with van der Waals surface area (Å²) < 4.78 is 0. The zero-order chi connectivity index (χ0) is 10.1. The van der Waals surface area contributed by atoms with Gasteiger partial charge in [0.1, 0.15) is 0 Å². The maximum absolute atomic E-state index is 9.71. The minimum Gasteiger partial charge on any atom is -0.393 e. The van der Waals surface area contributed by atoms with Crippen LogP contribution in [0, 0.1) is 17.8 Å². The Kier molecular flexibility index (Phi) is 3.13. The van der Waals surface area contributed by atoms with Crippen molar-refractivity contribution in [2.75, 3.05) is 19.6 Å². The lowest BCUT2D eigenvalue weighted by atomic mass is 9.87. The Morgan fingerprint density at radius 3 is 2.50 bits per heavy atom. The van der Waals surface area contributed by atoms with Gasteiger partial charge < -0.3 is 10.0 Å². The second-order valence-corrected chi connectivity index (χ2v) is 5.48. The molecule has 0 spiro atoms. The number of hydrogen-bond donors (Lipinski definition) is 1. The van der Waals surface area contributed by atoms with Crippen LogP contribution in [0.3, 0.4) is 0 Å². The SMILES string of the molecule is CC(C)C1CN(CC2CCCC2O)C1. The van der Waals surface area contributed by atoms with Crippen LogP contribution in [0.25, 0.3) is 0 Å². The lowest BCUT2D eigenvalue weighted by Gasteiger charge is -2.43. The molecule has 1 aliphatic heterocycles. The van der Waals surface area contributed by atoms with Gasteiger partial charge in [-0.05, 0) is 30.6 Å². The molecule has 2 nitrogen and oxygen atoms in total. The van der Waals surface area contributed by atoms with Crippen molar-refractivity contribution >= 4 is 0 Å². The molecule has 14 heavy (non-hydrogen) atoms. The van der Waals surface area contributed by atoms with Gasteiger partial charge in [-0.1, -0.05) is 20.3 Å². The highest BCUT2D eigenvalue weighted by atomic mass is 16.3. The highest BCUT2D eigenvalue weighted by Crippen LogP contribution is 2.30. The second-order valence-electron chi connectivity index (χ2n) is 5.48. The summed E-state index contributed by atoms with van der Waals surface area (Å²) in [7, 11) is 0. The van der Waals surface area contributed by atoms with E-state index in [1.165, 1.54) is 25.9 Å². The third-order valence-electron chi connectivity index (χ3n) is 4.04. The molecule has 1 saturated heterocycles. The first kappa shape index (κ1) is 10.4. The van der Waals surface area contributed by atoms with Gasteiger partial charge in [0.25, 0.3) is 0 Å². The van der Waals surface area contributed by atoms with Crippen molar-refractivity contribution in [1.29, 1.82) is 0 Å². The van der Waals surface area contributed by atoms with Crippen LogP contribution in [0.5, 0.6) is 0 Å². The number of hydrogen-bond acceptors (Lipinski definition) is 2. The molecule has 1 aliphatic carbocycles. The summed E-state index contributed by atoms with van der Waals surface area (Å²) in [6.45, 7) is 8.30. The molecule has 2 heteroatoms. The maximum atomic E-state index is 9.71. The minimum absolute atomic E-state index is 0.00639. The molecule has 0 aromatic rings. The van der Waals surface area contributed by atoms with E-state index in [0.29, 0.717) is 5.92 Å². The molecule has 2 fully saturated rings. The zero-order valence-corrected chi connectivity index (χ0v) is 9.45. The van der Waals surface area contributed by atoms with E-state index < -0.39 is 0 Å². The lowest BCUT2D eigenvalue weighted by molar-refractivity contribution is 0.0279. The van der Waals surface area contributed by atoms with Crippen molar-refractivity contribution in [1.82, 2.24) is 4.90 Å². The van der Waals surface area contributed by atoms with Gasteiger partial charge >= 0.3 is 0 Å². The summed E-state index contributed by atoms with van der Waals surface area (Å²) in [6, 6.07) is 0. The van der Waals surface area contributed by atoms with Crippen LogP contribution < -0.4 is 0 Å². The highest BCUT2D eigenvalue weighted by Gasteiger charge is 2.33. The van der Waals surface area contributed by atoms with Gasteiger partial charge in [-0.3, -0.25) is 0 Å². The second kappa shape index (κ2) is 4.19. The maximum Gasteiger partial charge on any atom is 0.0580 e. The first-order valence-electron chi connectivity index (χ1n) is 6.07. The molecule has 2 rings (SSSR count). The number of aliphatic hydroxyl groups is 1. The van der Waals surface area contributed by atoms with Gasteiger partial charge in [0.2, 0.25) is 0 Å². The monoisotopic (exact) mass is 197 g/mol. The van der Waals surface area contributed by atoms with E-state index in [1.807, 2.05) is 0 Å². The molecule has 1 N–H and O–H groups in total. The van der Waals surface area contributed by atoms with E-state index in [0.717, 1.165) is 24.8 Å². The summed E-state index contributed by atoms with van der Waals surface area (Å²) in [6.07, 6.45) is 3.50. The molecule has 0 aromatic carbocycles. The number of likely N-dealkylation sites (tertiary alicyclic amines) is 1. The van der Waals surface area contributed by atoms with Crippen molar-refractivity contribution in [2.45, 2.75) is 39.2 Å². The van der Waals surface area contributed by atoms with Gasteiger partial charge in [-0.2, -0.15) is 0 Å². The molecule has 1 heterocycles. The first-order chi connectivity index (χ1) is 6.66. The Labute approximate surface area is 87.3 Å². The van der Waals surface area contributed by atoms with Crippen LogP contribution >= 0.6 is 0 Å². The lowest BCUT2D eigenvalue weighted by Crippen LogP contribution is -2.51. The minimum atomic E-state index is -0.00639. The zero-order valence-electron chi connectivity index (χ0n) is 9.45.